The molecule has 0 unspecified atom stereocenters. The molecule has 2 aromatic rings. The molecule has 1 aromatic carbocycles. The van der Waals surface area contributed by atoms with Gasteiger partial charge < -0.3 is 10.5 Å². The maximum absolute atomic E-state index is 13.8. The van der Waals surface area contributed by atoms with Crippen LogP contribution in [0.15, 0.2) is 18.3 Å². The van der Waals surface area contributed by atoms with Crippen molar-refractivity contribution in [2.24, 2.45) is 0 Å². The quantitative estimate of drug-likeness (QED) is 0.816. The summed E-state index contributed by atoms with van der Waals surface area (Å²) >= 11 is 0. The van der Waals surface area contributed by atoms with E-state index in [4.69, 9.17) is 10.5 Å². The molecule has 4 nitrogen and oxygen atoms in total. The van der Waals surface area contributed by atoms with Crippen molar-refractivity contribution in [3.05, 3.63) is 29.7 Å². The van der Waals surface area contributed by atoms with E-state index in [2.05, 4.69) is 10.2 Å². The van der Waals surface area contributed by atoms with Gasteiger partial charge in [0.05, 0.1) is 24.4 Å². The molecule has 0 atom stereocenters. The molecule has 0 amide bonds. The zero-order valence-corrected chi connectivity index (χ0v) is 9.04. The first-order chi connectivity index (χ1) is 7.65. The predicted molar refractivity (Wildman–Crippen MR) is 59.7 cm³/mol. The molecule has 0 aliphatic carbocycles. The minimum absolute atomic E-state index is 0.322. The highest BCUT2D eigenvalue weighted by molar-refractivity contribution is 5.79. The molecule has 0 saturated carbocycles. The number of ether oxygens (including phenoxy) is 1. The molecule has 16 heavy (non-hydrogen) atoms. The van der Waals surface area contributed by atoms with Crippen molar-refractivity contribution in [3.8, 4) is 16.9 Å². The molecule has 0 radical (unpaired) electrons. The molecular weight excluding hydrogens is 209 g/mol. The van der Waals surface area contributed by atoms with Gasteiger partial charge >= 0.3 is 0 Å². The zero-order valence-electron chi connectivity index (χ0n) is 9.04. The van der Waals surface area contributed by atoms with E-state index in [-0.39, 0.29) is 5.82 Å². The second kappa shape index (κ2) is 3.84. The van der Waals surface area contributed by atoms with Gasteiger partial charge in [0.25, 0.3) is 0 Å². The van der Waals surface area contributed by atoms with E-state index in [0.29, 0.717) is 22.7 Å². The van der Waals surface area contributed by atoms with Crippen LogP contribution in [0.3, 0.4) is 0 Å². The Balaban J connectivity index is 2.73. The summed E-state index contributed by atoms with van der Waals surface area (Å²) in [4.78, 5) is 0. The zero-order chi connectivity index (χ0) is 11.7. The Labute approximate surface area is 92.2 Å². The van der Waals surface area contributed by atoms with E-state index in [0.717, 1.165) is 5.56 Å². The van der Waals surface area contributed by atoms with Crippen LogP contribution in [-0.2, 0) is 0 Å². The van der Waals surface area contributed by atoms with Crippen LogP contribution in [0.1, 0.15) is 5.56 Å². The van der Waals surface area contributed by atoms with E-state index in [1.54, 1.807) is 6.07 Å². The van der Waals surface area contributed by atoms with Crippen molar-refractivity contribution in [2.45, 2.75) is 6.92 Å². The number of nitrogens with zero attached hydrogens (tertiary/aromatic N) is 1. The highest BCUT2D eigenvalue weighted by atomic mass is 19.1. The number of aryl methyl sites for hydroxylation is 1. The number of rotatable bonds is 2. The Bertz CT molecular complexity index is 522. The number of benzene rings is 1. The van der Waals surface area contributed by atoms with Crippen molar-refractivity contribution in [3.63, 3.8) is 0 Å². The van der Waals surface area contributed by atoms with Crippen LogP contribution in [0.4, 0.5) is 10.2 Å². The summed E-state index contributed by atoms with van der Waals surface area (Å²) in [6.45, 7) is 1.85. The van der Waals surface area contributed by atoms with Gasteiger partial charge in [0, 0.05) is 0 Å². The van der Waals surface area contributed by atoms with Crippen molar-refractivity contribution in [1.29, 1.82) is 0 Å². The highest BCUT2D eigenvalue weighted by Gasteiger charge is 2.17. The SMILES string of the molecule is COc1c(C)ccc(F)c1-c1cn[nH]c1N. The van der Waals surface area contributed by atoms with Crippen LogP contribution < -0.4 is 10.5 Å². The van der Waals surface area contributed by atoms with Crippen LogP contribution in [0.25, 0.3) is 11.1 Å². The Kier molecular flexibility index (Phi) is 2.52. The lowest BCUT2D eigenvalue weighted by molar-refractivity contribution is 0.410. The standard InChI is InChI=1S/C11H12FN3O/c1-6-3-4-8(12)9(10(6)16-2)7-5-14-15-11(7)13/h3-5H,1-2H3,(H3,13,14,15). The fraction of sp³-hybridized carbons (Fsp3) is 0.182. The van der Waals surface area contributed by atoms with Crippen molar-refractivity contribution in [2.75, 3.05) is 12.8 Å². The van der Waals surface area contributed by atoms with Crippen LogP contribution in [0.5, 0.6) is 5.75 Å². The largest absolute Gasteiger partial charge is 0.496 e. The first kappa shape index (κ1) is 10.5. The summed E-state index contributed by atoms with van der Waals surface area (Å²) in [6, 6.07) is 3.05. The number of halogens is 1. The van der Waals surface area contributed by atoms with E-state index in [1.807, 2.05) is 6.92 Å². The van der Waals surface area contributed by atoms with Gasteiger partial charge in [-0.2, -0.15) is 5.10 Å². The topological polar surface area (TPSA) is 63.9 Å². The van der Waals surface area contributed by atoms with Crippen molar-refractivity contribution in [1.82, 2.24) is 10.2 Å². The van der Waals surface area contributed by atoms with Gasteiger partial charge in [0.15, 0.2) is 0 Å². The molecule has 0 aliphatic heterocycles. The molecule has 0 spiro atoms. The number of nitrogen functional groups attached to an aromatic ring is 1. The van der Waals surface area contributed by atoms with Crippen LogP contribution in [0.2, 0.25) is 0 Å². The Hall–Kier alpha value is -2.04. The van der Waals surface area contributed by atoms with E-state index < -0.39 is 0 Å². The maximum Gasteiger partial charge on any atom is 0.134 e. The maximum atomic E-state index is 13.8. The third-order valence-corrected chi connectivity index (χ3v) is 2.45. The van der Waals surface area contributed by atoms with Crippen molar-refractivity contribution < 1.29 is 9.13 Å². The van der Waals surface area contributed by atoms with Gasteiger partial charge in [-0.15, -0.1) is 0 Å². The van der Waals surface area contributed by atoms with E-state index >= 15 is 0 Å². The van der Waals surface area contributed by atoms with Crippen LogP contribution >= 0.6 is 0 Å². The first-order valence-corrected chi connectivity index (χ1v) is 4.77. The number of nitrogens with one attached hydrogen (secondary N) is 1. The lowest BCUT2D eigenvalue weighted by Gasteiger charge is -2.11. The number of H-pyrrole nitrogens is 1. The number of hydrogen-bond donors (Lipinski definition) is 2. The smallest absolute Gasteiger partial charge is 0.134 e. The summed E-state index contributed by atoms with van der Waals surface area (Å²) in [7, 11) is 1.50. The molecule has 0 aliphatic rings. The summed E-state index contributed by atoms with van der Waals surface area (Å²) < 4.78 is 19.0. The highest BCUT2D eigenvalue weighted by Crippen LogP contribution is 2.37. The molecule has 5 heteroatoms. The molecule has 1 heterocycles. The number of aromatic amines is 1. The van der Waals surface area contributed by atoms with Gasteiger partial charge in [-0.1, -0.05) is 6.07 Å². The normalized spacial score (nSPS) is 10.4. The average Bonchev–Trinajstić information content (AvgIpc) is 2.67. The lowest BCUT2D eigenvalue weighted by atomic mass is 10.0. The van der Waals surface area contributed by atoms with Crippen LogP contribution in [0, 0.1) is 12.7 Å². The Morgan fingerprint density at radius 2 is 2.19 bits per heavy atom. The number of nitrogens with two attached hydrogens (primary N) is 1. The van der Waals surface area contributed by atoms with Gasteiger partial charge in [0.1, 0.15) is 17.4 Å². The van der Waals surface area contributed by atoms with Crippen LogP contribution in [-0.4, -0.2) is 17.3 Å². The minimum atomic E-state index is -0.379. The van der Waals surface area contributed by atoms with Gasteiger partial charge in [-0.3, -0.25) is 5.10 Å². The molecular formula is C11H12FN3O. The molecule has 3 N–H and O–H groups in total. The van der Waals surface area contributed by atoms with E-state index in [9.17, 15) is 4.39 Å². The Morgan fingerprint density at radius 3 is 2.75 bits per heavy atom. The van der Waals surface area contributed by atoms with Gasteiger partial charge in [0.2, 0.25) is 0 Å². The first-order valence-electron chi connectivity index (χ1n) is 4.77. The fourth-order valence-corrected chi connectivity index (χ4v) is 1.67. The number of hydrogen-bond acceptors (Lipinski definition) is 3. The number of methoxy groups -OCH3 is 1. The molecule has 0 fully saturated rings. The van der Waals surface area contributed by atoms with Crippen molar-refractivity contribution >= 4 is 5.82 Å². The molecule has 2 rings (SSSR count). The summed E-state index contributed by atoms with van der Waals surface area (Å²) in [5.41, 5.74) is 7.38. The lowest BCUT2D eigenvalue weighted by Crippen LogP contribution is -1.96. The number of aromatic nitrogens is 2. The minimum Gasteiger partial charge on any atom is -0.496 e. The van der Waals surface area contributed by atoms with E-state index in [1.165, 1.54) is 19.4 Å². The fourth-order valence-electron chi connectivity index (χ4n) is 1.67. The number of anilines is 1. The average molecular weight is 221 g/mol. The summed E-state index contributed by atoms with van der Waals surface area (Å²) in [5.74, 6) is 0.423. The molecule has 84 valence electrons. The Morgan fingerprint density at radius 1 is 1.44 bits per heavy atom. The molecule has 0 bridgehead atoms. The second-order valence-corrected chi connectivity index (χ2v) is 3.47. The monoisotopic (exact) mass is 221 g/mol. The van der Waals surface area contributed by atoms with Gasteiger partial charge in [-0.25, -0.2) is 4.39 Å². The third kappa shape index (κ3) is 1.50. The summed E-state index contributed by atoms with van der Waals surface area (Å²) in [5, 5.41) is 6.34. The predicted octanol–water partition coefficient (Wildman–Crippen LogP) is 2.12. The van der Waals surface area contributed by atoms with Gasteiger partial charge in [-0.05, 0) is 18.6 Å². The molecule has 1 aromatic heterocycles. The molecule has 0 saturated heterocycles. The third-order valence-electron chi connectivity index (χ3n) is 2.45. The summed E-state index contributed by atoms with van der Waals surface area (Å²) in [6.07, 6.45) is 1.48. The second-order valence-electron chi connectivity index (χ2n) is 3.47.